The Labute approximate surface area is 247 Å². The number of nitrogens with zero attached hydrogens (tertiary/aromatic N) is 3. The van der Waals surface area contributed by atoms with E-state index in [1.807, 2.05) is 6.07 Å². The summed E-state index contributed by atoms with van der Waals surface area (Å²) < 4.78 is 62.7. The average Bonchev–Trinajstić information content (AvgIpc) is 3.31. The topological polar surface area (TPSA) is 120 Å². The first-order chi connectivity index (χ1) is 19.8. The van der Waals surface area contributed by atoms with E-state index in [0.717, 1.165) is 0 Å². The fourth-order valence-electron chi connectivity index (χ4n) is 4.44. The Kier molecular flexibility index (Phi) is 8.68. The maximum atomic E-state index is 14.1. The van der Waals surface area contributed by atoms with Crippen LogP contribution in [0.1, 0.15) is 28.8 Å². The fourth-order valence-corrected chi connectivity index (χ4v) is 6.38. The number of nitriles is 1. The normalized spacial score (nSPS) is 16.1. The van der Waals surface area contributed by atoms with Crippen molar-refractivity contribution in [1.29, 1.82) is 5.26 Å². The van der Waals surface area contributed by atoms with Crippen molar-refractivity contribution < 1.29 is 31.5 Å². The number of hydrogen-bond acceptors (Lipinski definition) is 5. The third kappa shape index (κ3) is 6.13. The van der Waals surface area contributed by atoms with E-state index in [4.69, 9.17) is 33.1 Å². The number of halogens is 5. The fraction of sp³-hybridized carbons (Fsp3) is 0.107. The summed E-state index contributed by atoms with van der Waals surface area (Å²) in [4.78, 5) is 22.0. The number of hydrogen-bond donors (Lipinski definition) is 1. The monoisotopic (exact) mass is 635 g/mol. The number of benzene rings is 3. The highest BCUT2D eigenvalue weighted by Crippen LogP contribution is 2.49. The highest BCUT2D eigenvalue weighted by Gasteiger charge is 2.47. The smallest absolute Gasteiger partial charge is 0.475 e. The lowest BCUT2D eigenvalue weighted by atomic mass is 9.94. The zero-order chi connectivity index (χ0) is 30.8. The number of aromatic nitrogens is 1. The van der Waals surface area contributed by atoms with E-state index in [9.17, 15) is 31.6 Å². The number of carbonyl (C=O) groups is 1. The van der Waals surface area contributed by atoms with Crippen LogP contribution in [0.3, 0.4) is 0 Å². The van der Waals surface area contributed by atoms with E-state index >= 15 is 0 Å². The lowest BCUT2D eigenvalue weighted by Gasteiger charge is -2.29. The molecule has 216 valence electrons. The molecular formula is C28H18Cl2F3N3O5S. The zero-order valence-electron chi connectivity index (χ0n) is 21.0. The second-order valence-corrected chi connectivity index (χ2v) is 11.5. The number of pyridine rings is 1. The maximum absolute atomic E-state index is 14.1. The molecule has 0 fully saturated rings. The predicted octanol–water partition coefficient (Wildman–Crippen LogP) is 6.20. The highest BCUT2D eigenvalue weighted by atomic mass is 35.5. The molecule has 5 rings (SSSR count). The first-order valence-electron chi connectivity index (χ1n) is 11.8. The van der Waals surface area contributed by atoms with Gasteiger partial charge in [0, 0.05) is 16.1 Å². The van der Waals surface area contributed by atoms with Gasteiger partial charge in [0.1, 0.15) is 5.82 Å². The number of aliphatic carboxylic acids is 1. The van der Waals surface area contributed by atoms with E-state index in [1.54, 1.807) is 54.6 Å². The quantitative estimate of drug-likeness (QED) is 0.285. The largest absolute Gasteiger partial charge is 0.490 e. The minimum Gasteiger partial charge on any atom is -0.475 e. The van der Waals surface area contributed by atoms with Gasteiger partial charge in [-0.1, -0.05) is 59.6 Å². The number of carboxylic acid groups (broad SMARTS) is 1. The third-order valence-corrected chi connectivity index (χ3v) is 8.50. The third-order valence-electron chi connectivity index (χ3n) is 6.21. The number of alkyl halides is 3. The van der Waals surface area contributed by atoms with Gasteiger partial charge in [-0.2, -0.15) is 18.4 Å². The molecule has 0 spiro atoms. The molecule has 0 aliphatic carbocycles. The van der Waals surface area contributed by atoms with Crippen LogP contribution in [-0.2, 0) is 14.8 Å². The molecule has 4 aromatic rings. The molecule has 1 aliphatic rings. The lowest BCUT2D eigenvalue weighted by Crippen LogP contribution is -2.33. The van der Waals surface area contributed by atoms with Crippen molar-refractivity contribution in [3.63, 3.8) is 0 Å². The molecule has 14 heteroatoms. The zero-order valence-corrected chi connectivity index (χ0v) is 23.4. The molecule has 2 heterocycles. The average molecular weight is 636 g/mol. The number of rotatable bonds is 4. The molecule has 1 aromatic heterocycles. The van der Waals surface area contributed by atoms with Gasteiger partial charge in [0.25, 0.3) is 15.6 Å². The molecule has 0 amide bonds. The van der Waals surface area contributed by atoms with Crippen molar-refractivity contribution in [2.45, 2.75) is 23.2 Å². The van der Waals surface area contributed by atoms with Crippen LogP contribution in [-0.4, -0.2) is 30.2 Å². The minimum atomic E-state index is -5.08. The van der Waals surface area contributed by atoms with Gasteiger partial charge in [-0.15, -0.1) is 0 Å². The first-order valence-corrected chi connectivity index (χ1v) is 14.0. The predicted molar refractivity (Wildman–Crippen MR) is 149 cm³/mol. The Morgan fingerprint density at radius 2 is 1.36 bits per heavy atom. The molecule has 1 aliphatic heterocycles. The van der Waals surface area contributed by atoms with E-state index in [2.05, 4.69) is 0 Å². The molecule has 42 heavy (non-hydrogen) atoms. The lowest BCUT2D eigenvalue weighted by molar-refractivity contribution is -0.192. The summed E-state index contributed by atoms with van der Waals surface area (Å²) in [5.41, 5.74) is 1.24. The van der Waals surface area contributed by atoms with Crippen molar-refractivity contribution in [3.8, 4) is 6.07 Å². The van der Waals surface area contributed by atoms with Crippen LogP contribution in [0.4, 0.5) is 19.0 Å². The summed E-state index contributed by atoms with van der Waals surface area (Å²) >= 11 is 12.2. The van der Waals surface area contributed by atoms with Crippen molar-refractivity contribution in [3.05, 3.63) is 128 Å². The number of sulfonamides is 1. The molecule has 2 atom stereocenters. The molecule has 3 aromatic carbocycles. The summed E-state index contributed by atoms with van der Waals surface area (Å²) in [6.45, 7) is 0. The summed E-state index contributed by atoms with van der Waals surface area (Å²) in [6, 6.07) is 24.7. The Morgan fingerprint density at radius 3 is 1.86 bits per heavy atom. The van der Waals surface area contributed by atoms with Crippen molar-refractivity contribution in [2.75, 3.05) is 4.31 Å². The number of anilines is 1. The van der Waals surface area contributed by atoms with Gasteiger partial charge in [0.05, 0.1) is 28.6 Å². The number of carboxylic acids is 1. The van der Waals surface area contributed by atoms with Crippen LogP contribution < -0.4 is 9.86 Å². The summed E-state index contributed by atoms with van der Waals surface area (Å²) in [6.07, 6.45) is -5.08. The van der Waals surface area contributed by atoms with E-state index in [1.165, 1.54) is 45.3 Å². The van der Waals surface area contributed by atoms with Crippen LogP contribution in [0, 0.1) is 11.3 Å². The Bertz CT molecular complexity index is 1840. The summed E-state index contributed by atoms with van der Waals surface area (Å²) in [5.74, 6) is -2.53. The van der Waals surface area contributed by atoms with Gasteiger partial charge in [0.2, 0.25) is 0 Å². The number of fused-ring (bicyclic) bond motifs is 1. The van der Waals surface area contributed by atoms with Crippen LogP contribution in [0.2, 0.25) is 10.0 Å². The molecule has 0 saturated heterocycles. The molecule has 0 saturated carbocycles. The SMILES string of the molecule is N#Cc1cccc(S(=O)(=O)N2c3cccc(=O)n3[C@@H](c3ccc(Cl)cc3)[C@H]2c2ccc(Cl)cc2)c1.O=C(O)C(F)(F)F. The van der Waals surface area contributed by atoms with Crippen molar-refractivity contribution >= 4 is 45.0 Å². The second kappa shape index (κ2) is 11.9. The van der Waals surface area contributed by atoms with Gasteiger partial charge in [-0.25, -0.2) is 17.5 Å². The van der Waals surface area contributed by atoms with Gasteiger partial charge in [-0.3, -0.25) is 9.36 Å². The van der Waals surface area contributed by atoms with Gasteiger partial charge in [0.15, 0.2) is 0 Å². The van der Waals surface area contributed by atoms with E-state index < -0.39 is 34.3 Å². The van der Waals surface area contributed by atoms with E-state index in [0.29, 0.717) is 21.2 Å². The van der Waals surface area contributed by atoms with Gasteiger partial charge < -0.3 is 5.11 Å². The molecule has 0 radical (unpaired) electrons. The molecule has 1 N–H and O–H groups in total. The highest BCUT2D eigenvalue weighted by molar-refractivity contribution is 7.92. The molecular weight excluding hydrogens is 618 g/mol. The van der Waals surface area contributed by atoms with Crippen LogP contribution in [0.5, 0.6) is 0 Å². The van der Waals surface area contributed by atoms with Gasteiger partial charge >= 0.3 is 12.1 Å². The van der Waals surface area contributed by atoms with Crippen molar-refractivity contribution in [2.24, 2.45) is 0 Å². The maximum Gasteiger partial charge on any atom is 0.490 e. The summed E-state index contributed by atoms with van der Waals surface area (Å²) in [7, 11) is -4.19. The Morgan fingerprint density at radius 1 is 0.857 bits per heavy atom. The van der Waals surface area contributed by atoms with Crippen LogP contribution in [0.25, 0.3) is 0 Å². The first kappa shape index (κ1) is 30.6. The molecule has 0 unspecified atom stereocenters. The van der Waals surface area contributed by atoms with E-state index in [-0.39, 0.29) is 21.8 Å². The Hall–Kier alpha value is -4.31. The van der Waals surface area contributed by atoms with Crippen molar-refractivity contribution in [1.82, 2.24) is 4.57 Å². The second-order valence-electron chi connectivity index (χ2n) is 8.83. The minimum absolute atomic E-state index is 0.0462. The molecule has 0 bridgehead atoms. The van der Waals surface area contributed by atoms with Crippen LogP contribution in [0.15, 0.2) is 101 Å². The van der Waals surface area contributed by atoms with Crippen LogP contribution >= 0.6 is 23.2 Å². The summed E-state index contributed by atoms with van der Waals surface area (Å²) in [5, 5.41) is 17.5. The standard InChI is InChI=1S/C26H17Cl2N3O3S.C2HF3O2/c27-20-11-7-18(8-12-20)25-26(19-9-13-21(28)14-10-19)31(23-5-2-6-24(32)30(23)25)35(33,34)22-4-1-3-17(15-22)16-29;3-2(4,5)1(6)7/h1-15,25-26H;(H,6,7)/t25-,26+;/m0./s1. The molecule has 8 nitrogen and oxygen atoms in total. The van der Waals surface area contributed by atoms with Gasteiger partial charge in [-0.05, 0) is 59.7 Å². The Balaban J connectivity index is 0.000000517.